The van der Waals surface area contributed by atoms with E-state index >= 15 is 0 Å². The Bertz CT molecular complexity index is 1000. The summed E-state index contributed by atoms with van der Waals surface area (Å²) in [5.41, 5.74) is 7.79. The molecule has 1 aliphatic heterocycles. The first kappa shape index (κ1) is 21.4. The van der Waals surface area contributed by atoms with E-state index in [1.807, 2.05) is 38.1 Å². The van der Waals surface area contributed by atoms with Gasteiger partial charge in [0.15, 0.2) is 18.1 Å². The van der Waals surface area contributed by atoms with Crippen LogP contribution in [0, 0.1) is 6.92 Å². The van der Waals surface area contributed by atoms with Crippen molar-refractivity contribution in [3.8, 4) is 11.5 Å². The highest BCUT2D eigenvalue weighted by atomic mass is 32.2. The molecule has 0 saturated carbocycles. The second-order valence-corrected chi connectivity index (χ2v) is 7.64. The standard InChI is InChI=1S/C22H22N2O5S/c1-3-28-18-10-16(8-9-17(18)29-13-20(23)25)11-19-21(26)24(22(27)30-19)12-15-6-4-14(2)5-7-15/h4-11H,3,12-13H2,1-2H3,(H2,23,25)/b19-11-. The van der Waals surface area contributed by atoms with Gasteiger partial charge in [0.25, 0.3) is 17.1 Å². The van der Waals surface area contributed by atoms with Gasteiger partial charge in [0.05, 0.1) is 18.1 Å². The van der Waals surface area contributed by atoms with E-state index in [4.69, 9.17) is 15.2 Å². The van der Waals surface area contributed by atoms with Crippen molar-refractivity contribution in [2.45, 2.75) is 20.4 Å². The predicted molar refractivity (Wildman–Crippen MR) is 115 cm³/mol. The van der Waals surface area contributed by atoms with Crippen LogP contribution in [0.4, 0.5) is 4.79 Å². The molecule has 3 rings (SSSR count). The van der Waals surface area contributed by atoms with Gasteiger partial charge in [0, 0.05) is 0 Å². The summed E-state index contributed by atoms with van der Waals surface area (Å²) in [5.74, 6) is -0.131. The number of amides is 3. The van der Waals surface area contributed by atoms with Gasteiger partial charge in [0.2, 0.25) is 0 Å². The van der Waals surface area contributed by atoms with Gasteiger partial charge in [-0.05, 0) is 54.9 Å². The summed E-state index contributed by atoms with van der Waals surface area (Å²) in [4.78, 5) is 37.6. The Kier molecular flexibility index (Phi) is 6.79. The second kappa shape index (κ2) is 9.49. The van der Waals surface area contributed by atoms with Crippen molar-refractivity contribution in [1.29, 1.82) is 0 Å². The Morgan fingerprint density at radius 1 is 1.10 bits per heavy atom. The van der Waals surface area contributed by atoms with E-state index in [9.17, 15) is 14.4 Å². The molecule has 2 aromatic carbocycles. The Hall–Kier alpha value is -3.26. The number of carbonyl (C=O) groups is 3. The van der Waals surface area contributed by atoms with Crippen molar-refractivity contribution >= 4 is 34.9 Å². The zero-order valence-corrected chi connectivity index (χ0v) is 17.5. The number of hydrogen-bond donors (Lipinski definition) is 1. The number of rotatable bonds is 8. The topological polar surface area (TPSA) is 98.9 Å². The molecule has 2 aromatic rings. The first-order chi connectivity index (χ1) is 14.4. The normalized spacial score (nSPS) is 15.0. The Morgan fingerprint density at radius 2 is 1.83 bits per heavy atom. The van der Waals surface area contributed by atoms with Crippen LogP contribution >= 0.6 is 11.8 Å². The lowest BCUT2D eigenvalue weighted by atomic mass is 10.1. The maximum absolute atomic E-state index is 12.8. The number of ether oxygens (including phenoxy) is 2. The van der Waals surface area contributed by atoms with Crippen LogP contribution in [0.2, 0.25) is 0 Å². The van der Waals surface area contributed by atoms with E-state index in [1.165, 1.54) is 4.90 Å². The molecule has 1 fully saturated rings. The van der Waals surface area contributed by atoms with Crippen LogP contribution in [-0.4, -0.2) is 35.2 Å². The number of nitrogens with two attached hydrogens (primary N) is 1. The van der Waals surface area contributed by atoms with Crippen molar-refractivity contribution in [3.05, 3.63) is 64.1 Å². The summed E-state index contributed by atoms with van der Waals surface area (Å²) in [6.45, 7) is 4.15. The highest BCUT2D eigenvalue weighted by molar-refractivity contribution is 8.18. The maximum atomic E-state index is 12.8. The molecule has 2 N–H and O–H groups in total. The van der Waals surface area contributed by atoms with Crippen molar-refractivity contribution in [3.63, 3.8) is 0 Å². The number of aryl methyl sites for hydroxylation is 1. The van der Waals surface area contributed by atoms with Gasteiger partial charge in [-0.1, -0.05) is 35.9 Å². The third kappa shape index (κ3) is 5.21. The molecule has 156 valence electrons. The Morgan fingerprint density at radius 3 is 2.50 bits per heavy atom. The van der Waals surface area contributed by atoms with Crippen molar-refractivity contribution in [2.24, 2.45) is 5.73 Å². The average Bonchev–Trinajstić information content (AvgIpc) is 2.96. The molecule has 0 aliphatic carbocycles. The molecule has 1 aliphatic rings. The van der Waals surface area contributed by atoms with E-state index in [-0.39, 0.29) is 24.3 Å². The second-order valence-electron chi connectivity index (χ2n) is 6.65. The molecule has 0 radical (unpaired) electrons. The van der Waals surface area contributed by atoms with Crippen molar-refractivity contribution in [2.75, 3.05) is 13.2 Å². The summed E-state index contributed by atoms with van der Waals surface area (Å²) >= 11 is 0.902. The molecule has 0 unspecified atom stereocenters. The van der Waals surface area contributed by atoms with Gasteiger partial charge >= 0.3 is 0 Å². The third-order valence-corrected chi connectivity index (χ3v) is 5.18. The van der Waals surface area contributed by atoms with Crippen LogP contribution in [0.5, 0.6) is 11.5 Å². The largest absolute Gasteiger partial charge is 0.490 e. The average molecular weight is 426 g/mol. The molecule has 0 aromatic heterocycles. The van der Waals surface area contributed by atoms with Crippen molar-refractivity contribution < 1.29 is 23.9 Å². The highest BCUT2D eigenvalue weighted by Gasteiger charge is 2.35. The number of thioether (sulfide) groups is 1. The lowest BCUT2D eigenvalue weighted by Gasteiger charge is -2.13. The Labute approximate surface area is 178 Å². The monoisotopic (exact) mass is 426 g/mol. The molecule has 3 amide bonds. The summed E-state index contributed by atoms with van der Waals surface area (Å²) in [6.07, 6.45) is 1.64. The lowest BCUT2D eigenvalue weighted by molar-refractivity contribution is -0.123. The molecular weight excluding hydrogens is 404 g/mol. The van der Waals surface area contributed by atoms with Crippen LogP contribution in [0.15, 0.2) is 47.4 Å². The van der Waals surface area contributed by atoms with E-state index in [0.29, 0.717) is 28.6 Å². The molecule has 1 heterocycles. The van der Waals surface area contributed by atoms with E-state index in [1.54, 1.807) is 24.3 Å². The lowest BCUT2D eigenvalue weighted by Crippen LogP contribution is -2.27. The zero-order chi connectivity index (χ0) is 21.7. The fourth-order valence-electron chi connectivity index (χ4n) is 2.81. The minimum absolute atomic E-state index is 0.229. The number of primary amides is 1. The predicted octanol–water partition coefficient (Wildman–Crippen LogP) is 3.49. The number of nitrogens with zero attached hydrogens (tertiary/aromatic N) is 1. The summed E-state index contributed by atoms with van der Waals surface area (Å²) in [5, 5.41) is -0.307. The summed E-state index contributed by atoms with van der Waals surface area (Å²) in [6, 6.07) is 12.7. The van der Waals surface area contributed by atoms with Gasteiger partial charge in [0.1, 0.15) is 0 Å². The van der Waals surface area contributed by atoms with Crippen LogP contribution < -0.4 is 15.2 Å². The number of hydrogen-bond acceptors (Lipinski definition) is 6. The minimum atomic E-state index is -0.594. The van der Waals surface area contributed by atoms with Crippen LogP contribution in [-0.2, 0) is 16.1 Å². The molecule has 7 nitrogen and oxygen atoms in total. The summed E-state index contributed by atoms with van der Waals surface area (Å²) < 4.78 is 10.9. The minimum Gasteiger partial charge on any atom is -0.490 e. The van der Waals surface area contributed by atoms with Crippen LogP contribution in [0.25, 0.3) is 6.08 Å². The molecule has 8 heteroatoms. The van der Waals surface area contributed by atoms with Crippen LogP contribution in [0.3, 0.4) is 0 Å². The van der Waals surface area contributed by atoms with Crippen LogP contribution in [0.1, 0.15) is 23.6 Å². The van der Waals surface area contributed by atoms with Crippen molar-refractivity contribution in [1.82, 2.24) is 4.90 Å². The molecule has 30 heavy (non-hydrogen) atoms. The van der Waals surface area contributed by atoms with E-state index < -0.39 is 5.91 Å². The van der Waals surface area contributed by atoms with Gasteiger partial charge in [-0.3, -0.25) is 19.3 Å². The van der Waals surface area contributed by atoms with Gasteiger partial charge in [-0.25, -0.2) is 0 Å². The fourth-order valence-corrected chi connectivity index (χ4v) is 3.65. The first-order valence-corrected chi connectivity index (χ1v) is 10.2. The SMILES string of the molecule is CCOc1cc(/C=C2\SC(=O)N(Cc3ccc(C)cc3)C2=O)ccc1OCC(N)=O. The highest BCUT2D eigenvalue weighted by Crippen LogP contribution is 2.35. The molecule has 0 spiro atoms. The number of carbonyl (C=O) groups excluding carboxylic acids is 3. The Balaban J connectivity index is 1.79. The quantitative estimate of drug-likeness (QED) is 0.649. The van der Waals surface area contributed by atoms with Gasteiger partial charge in [-0.2, -0.15) is 0 Å². The maximum Gasteiger partial charge on any atom is 0.293 e. The third-order valence-electron chi connectivity index (χ3n) is 4.27. The van der Waals surface area contributed by atoms with Gasteiger partial charge in [-0.15, -0.1) is 0 Å². The van der Waals surface area contributed by atoms with E-state index in [0.717, 1.165) is 22.9 Å². The molecule has 1 saturated heterocycles. The molecular formula is C22H22N2O5S. The molecule has 0 bridgehead atoms. The van der Waals surface area contributed by atoms with Gasteiger partial charge < -0.3 is 15.2 Å². The summed E-state index contributed by atoms with van der Waals surface area (Å²) in [7, 11) is 0. The fraction of sp³-hybridized carbons (Fsp3) is 0.227. The smallest absolute Gasteiger partial charge is 0.293 e. The number of imide groups is 1. The zero-order valence-electron chi connectivity index (χ0n) is 16.7. The number of benzene rings is 2. The van der Waals surface area contributed by atoms with E-state index in [2.05, 4.69) is 0 Å². The molecule has 0 atom stereocenters. The first-order valence-electron chi connectivity index (χ1n) is 9.36.